The summed E-state index contributed by atoms with van der Waals surface area (Å²) in [5, 5.41) is 0. The van der Waals surface area contributed by atoms with Gasteiger partial charge >= 0.3 is 0 Å². The first-order valence-electron chi connectivity index (χ1n) is 8.33. The molecule has 3 rings (SSSR count). The van der Waals surface area contributed by atoms with Crippen molar-refractivity contribution in [3.63, 3.8) is 0 Å². The summed E-state index contributed by atoms with van der Waals surface area (Å²) in [6.07, 6.45) is 3.10. The Morgan fingerprint density at radius 3 is 2.86 bits per heavy atom. The van der Waals surface area contributed by atoms with Gasteiger partial charge in [-0.25, -0.2) is 0 Å². The molecule has 1 amide bonds. The number of nitrogens with zero attached hydrogens (tertiary/aromatic N) is 2. The van der Waals surface area contributed by atoms with E-state index in [1.165, 1.54) is 5.56 Å². The van der Waals surface area contributed by atoms with Gasteiger partial charge in [0.1, 0.15) is 0 Å². The molecule has 0 saturated carbocycles. The van der Waals surface area contributed by atoms with Crippen molar-refractivity contribution < 1.29 is 4.79 Å². The SMILES string of the molecule is CC1(C)CN(CC(=O)N2CCCc3ccccc32)CCC1N. The Bertz CT molecular complexity index is 555. The average molecular weight is 301 g/mol. The molecule has 0 bridgehead atoms. The quantitative estimate of drug-likeness (QED) is 0.909. The van der Waals surface area contributed by atoms with Crippen LogP contribution in [0.15, 0.2) is 24.3 Å². The molecule has 1 aromatic rings. The van der Waals surface area contributed by atoms with Gasteiger partial charge in [0, 0.05) is 31.4 Å². The Hall–Kier alpha value is -1.39. The third-order valence-electron chi connectivity index (χ3n) is 5.16. The van der Waals surface area contributed by atoms with Gasteiger partial charge in [0.15, 0.2) is 0 Å². The van der Waals surface area contributed by atoms with Crippen LogP contribution >= 0.6 is 0 Å². The zero-order chi connectivity index (χ0) is 15.7. The predicted molar refractivity (Wildman–Crippen MR) is 89.9 cm³/mol. The fourth-order valence-electron chi connectivity index (χ4n) is 3.69. The summed E-state index contributed by atoms with van der Waals surface area (Å²) in [5.74, 6) is 0.221. The van der Waals surface area contributed by atoms with Crippen LogP contribution in [0.25, 0.3) is 0 Å². The molecule has 1 fully saturated rings. The minimum atomic E-state index is 0.0817. The third kappa shape index (κ3) is 3.03. The molecule has 2 N–H and O–H groups in total. The summed E-state index contributed by atoms with van der Waals surface area (Å²) in [5.41, 5.74) is 8.67. The summed E-state index contributed by atoms with van der Waals surface area (Å²) in [4.78, 5) is 17.0. The number of hydrogen-bond donors (Lipinski definition) is 1. The van der Waals surface area contributed by atoms with Crippen LogP contribution < -0.4 is 10.6 Å². The van der Waals surface area contributed by atoms with Gasteiger partial charge in [0.05, 0.1) is 6.54 Å². The lowest BCUT2D eigenvalue weighted by Gasteiger charge is -2.43. The lowest BCUT2D eigenvalue weighted by atomic mass is 9.80. The highest BCUT2D eigenvalue weighted by atomic mass is 16.2. The lowest BCUT2D eigenvalue weighted by molar-refractivity contribution is -0.120. The van der Waals surface area contributed by atoms with Crippen LogP contribution in [0.2, 0.25) is 0 Å². The highest BCUT2D eigenvalue weighted by molar-refractivity contribution is 5.95. The van der Waals surface area contributed by atoms with E-state index < -0.39 is 0 Å². The van der Waals surface area contributed by atoms with Gasteiger partial charge in [-0.3, -0.25) is 9.69 Å². The summed E-state index contributed by atoms with van der Waals surface area (Å²) < 4.78 is 0. The Balaban J connectivity index is 1.68. The van der Waals surface area contributed by atoms with Crippen molar-refractivity contribution >= 4 is 11.6 Å². The van der Waals surface area contributed by atoms with E-state index in [4.69, 9.17) is 5.73 Å². The molecule has 2 aliphatic heterocycles. The number of likely N-dealkylation sites (tertiary alicyclic amines) is 1. The Kier molecular flexibility index (Phi) is 4.24. The van der Waals surface area contributed by atoms with E-state index in [-0.39, 0.29) is 17.4 Å². The fraction of sp³-hybridized carbons (Fsp3) is 0.611. The summed E-state index contributed by atoms with van der Waals surface area (Å²) >= 11 is 0. The second-order valence-corrected chi connectivity index (χ2v) is 7.37. The second kappa shape index (κ2) is 6.01. The molecule has 1 atom stereocenters. The molecule has 0 radical (unpaired) electrons. The number of aryl methyl sites for hydroxylation is 1. The van der Waals surface area contributed by atoms with Gasteiger partial charge in [-0.2, -0.15) is 0 Å². The van der Waals surface area contributed by atoms with Crippen molar-refractivity contribution in [1.29, 1.82) is 0 Å². The first-order valence-corrected chi connectivity index (χ1v) is 8.33. The molecule has 0 aromatic heterocycles. The van der Waals surface area contributed by atoms with Crippen molar-refractivity contribution in [3.05, 3.63) is 29.8 Å². The van der Waals surface area contributed by atoms with Gasteiger partial charge < -0.3 is 10.6 Å². The van der Waals surface area contributed by atoms with Crippen LogP contribution in [0.4, 0.5) is 5.69 Å². The van der Waals surface area contributed by atoms with E-state index in [2.05, 4.69) is 36.9 Å². The Morgan fingerprint density at radius 1 is 1.32 bits per heavy atom. The Morgan fingerprint density at radius 2 is 2.09 bits per heavy atom. The molecule has 0 spiro atoms. The highest BCUT2D eigenvalue weighted by Gasteiger charge is 2.34. The minimum absolute atomic E-state index is 0.0817. The van der Waals surface area contributed by atoms with Crippen molar-refractivity contribution in [2.75, 3.05) is 31.1 Å². The molecule has 2 heterocycles. The van der Waals surface area contributed by atoms with Crippen molar-refractivity contribution in [2.24, 2.45) is 11.1 Å². The van der Waals surface area contributed by atoms with Gasteiger partial charge in [-0.15, -0.1) is 0 Å². The minimum Gasteiger partial charge on any atom is -0.327 e. The third-order valence-corrected chi connectivity index (χ3v) is 5.16. The van der Waals surface area contributed by atoms with E-state index in [1.54, 1.807) is 0 Å². The van der Waals surface area contributed by atoms with Gasteiger partial charge in [-0.05, 0) is 36.3 Å². The predicted octanol–water partition coefficient (Wildman–Crippen LogP) is 2.02. The maximum Gasteiger partial charge on any atom is 0.241 e. The van der Waals surface area contributed by atoms with Crippen LogP contribution in [0.1, 0.15) is 32.3 Å². The number of anilines is 1. The zero-order valence-electron chi connectivity index (χ0n) is 13.7. The molecule has 1 unspecified atom stereocenters. The lowest BCUT2D eigenvalue weighted by Crippen LogP contribution is -2.54. The zero-order valence-corrected chi connectivity index (χ0v) is 13.7. The molecule has 0 aliphatic carbocycles. The maximum atomic E-state index is 12.8. The molecular formula is C18H27N3O. The average Bonchev–Trinajstić information content (AvgIpc) is 2.50. The van der Waals surface area contributed by atoms with Gasteiger partial charge in [0.25, 0.3) is 0 Å². The van der Waals surface area contributed by atoms with E-state index >= 15 is 0 Å². The monoisotopic (exact) mass is 301 g/mol. The number of hydrogen-bond acceptors (Lipinski definition) is 3. The largest absolute Gasteiger partial charge is 0.327 e. The number of fused-ring (bicyclic) bond motifs is 1. The first-order chi connectivity index (χ1) is 10.5. The maximum absolute atomic E-state index is 12.8. The van der Waals surface area contributed by atoms with E-state index in [0.29, 0.717) is 6.54 Å². The van der Waals surface area contributed by atoms with Crippen LogP contribution in [0.5, 0.6) is 0 Å². The molecule has 120 valence electrons. The van der Waals surface area contributed by atoms with E-state index in [9.17, 15) is 4.79 Å². The molecule has 1 saturated heterocycles. The molecule has 4 nitrogen and oxygen atoms in total. The highest BCUT2D eigenvalue weighted by Crippen LogP contribution is 2.29. The number of benzene rings is 1. The number of piperidine rings is 1. The summed E-state index contributed by atoms with van der Waals surface area (Å²) in [6.45, 7) is 7.56. The van der Waals surface area contributed by atoms with Crippen LogP contribution in [-0.2, 0) is 11.2 Å². The number of rotatable bonds is 2. The molecule has 22 heavy (non-hydrogen) atoms. The number of carbonyl (C=O) groups excluding carboxylic acids is 1. The molecule has 4 heteroatoms. The molecular weight excluding hydrogens is 274 g/mol. The standard InChI is InChI=1S/C18H27N3O/c1-18(2)13-20(11-9-16(18)19)12-17(22)21-10-5-7-14-6-3-4-8-15(14)21/h3-4,6,8,16H,5,7,9-13,19H2,1-2H3. The van der Waals surface area contributed by atoms with Crippen LogP contribution in [0.3, 0.4) is 0 Å². The summed E-state index contributed by atoms with van der Waals surface area (Å²) in [7, 11) is 0. The fourth-order valence-corrected chi connectivity index (χ4v) is 3.69. The van der Waals surface area contributed by atoms with Gasteiger partial charge in [-0.1, -0.05) is 32.0 Å². The van der Waals surface area contributed by atoms with Crippen LogP contribution in [0, 0.1) is 5.41 Å². The number of amides is 1. The topological polar surface area (TPSA) is 49.6 Å². The van der Waals surface area contributed by atoms with E-state index in [0.717, 1.165) is 44.6 Å². The number of carbonyl (C=O) groups is 1. The van der Waals surface area contributed by atoms with Crippen molar-refractivity contribution in [2.45, 2.75) is 39.2 Å². The summed E-state index contributed by atoms with van der Waals surface area (Å²) in [6, 6.07) is 8.52. The normalized spacial score (nSPS) is 24.9. The number of nitrogens with two attached hydrogens (primary N) is 1. The molecule has 2 aliphatic rings. The first kappa shape index (κ1) is 15.5. The second-order valence-electron chi connectivity index (χ2n) is 7.37. The smallest absolute Gasteiger partial charge is 0.241 e. The molecule has 1 aromatic carbocycles. The van der Waals surface area contributed by atoms with E-state index in [1.807, 2.05) is 11.0 Å². The number of para-hydroxylation sites is 1. The van der Waals surface area contributed by atoms with Crippen LogP contribution in [-0.4, -0.2) is 43.0 Å². The Labute approximate surface area is 133 Å². The van der Waals surface area contributed by atoms with Gasteiger partial charge in [0.2, 0.25) is 5.91 Å². The van der Waals surface area contributed by atoms with Crippen molar-refractivity contribution in [1.82, 2.24) is 4.90 Å². The van der Waals surface area contributed by atoms with Crippen molar-refractivity contribution in [3.8, 4) is 0 Å².